The Balaban J connectivity index is 3.27. The van der Waals surface area contributed by atoms with Gasteiger partial charge in [0.25, 0.3) is 0 Å². The van der Waals surface area contributed by atoms with Gasteiger partial charge in [-0.1, -0.05) is 154 Å². The van der Waals surface area contributed by atoms with Crippen molar-refractivity contribution in [2.45, 2.75) is 205 Å². The molecule has 8 heteroatoms. The average molecular weight is 651 g/mol. The summed E-state index contributed by atoms with van der Waals surface area (Å²) in [5.41, 5.74) is 10.3. The van der Waals surface area contributed by atoms with Crippen LogP contribution >= 0.6 is 0 Å². The van der Waals surface area contributed by atoms with Crippen molar-refractivity contribution in [2.75, 3.05) is 13.1 Å². The van der Waals surface area contributed by atoms with Crippen LogP contribution < -0.4 is 22.1 Å². The van der Waals surface area contributed by atoms with E-state index in [1.54, 1.807) is 0 Å². The molecule has 0 saturated carbocycles. The van der Waals surface area contributed by atoms with Crippen molar-refractivity contribution in [3.05, 3.63) is 0 Å². The highest BCUT2D eigenvalue weighted by molar-refractivity contribution is 5.77. The van der Waals surface area contributed by atoms with Crippen LogP contribution in [0, 0.1) is 0 Å². The third-order valence-corrected chi connectivity index (χ3v) is 8.92. The maximum absolute atomic E-state index is 12.0. The number of carbonyl (C=O) groups is 4. The van der Waals surface area contributed by atoms with Gasteiger partial charge in [0.2, 0.25) is 23.6 Å². The minimum absolute atomic E-state index is 0.0934. The Labute approximate surface area is 283 Å². The van der Waals surface area contributed by atoms with Gasteiger partial charge in [-0.2, -0.15) is 0 Å². The van der Waals surface area contributed by atoms with Gasteiger partial charge in [-0.15, -0.1) is 0 Å². The second kappa shape index (κ2) is 35.7. The molecular weight excluding hydrogens is 576 g/mol. The number of nitrogens with two attached hydrogens (primary N) is 2. The lowest BCUT2D eigenvalue weighted by Gasteiger charge is -2.07. The molecule has 6 N–H and O–H groups in total. The third-order valence-electron chi connectivity index (χ3n) is 8.92. The highest BCUT2D eigenvalue weighted by atomic mass is 16.2. The van der Waals surface area contributed by atoms with Crippen molar-refractivity contribution in [1.82, 2.24) is 10.6 Å². The van der Waals surface area contributed by atoms with Crippen LogP contribution in [0.4, 0.5) is 0 Å². The average Bonchev–Trinajstić information content (AvgIpc) is 3.02. The van der Waals surface area contributed by atoms with Gasteiger partial charge in [0.1, 0.15) is 0 Å². The number of nitrogens with one attached hydrogen (secondary N) is 2. The summed E-state index contributed by atoms with van der Waals surface area (Å²) < 4.78 is 0. The van der Waals surface area contributed by atoms with E-state index in [1.165, 1.54) is 128 Å². The minimum Gasteiger partial charge on any atom is -0.370 e. The van der Waals surface area contributed by atoms with Gasteiger partial charge in [-0.25, -0.2) is 0 Å². The Bertz CT molecular complexity index is 671. The summed E-state index contributed by atoms with van der Waals surface area (Å²) in [5, 5.41) is 5.86. The number of hydrogen-bond donors (Lipinski definition) is 4. The molecule has 0 aromatic heterocycles. The first-order valence-electron chi connectivity index (χ1n) is 19.5. The van der Waals surface area contributed by atoms with E-state index in [0.29, 0.717) is 38.8 Å². The van der Waals surface area contributed by atoms with Crippen LogP contribution in [-0.4, -0.2) is 36.7 Å². The standard InChI is InChI=1S/C38H74N4O4/c39-35(43)29-25-21-17-13-9-5-1-3-7-11-15-19-23-27-31-37(45)41-33-34-42-38(46)32-28-24-20-16-12-8-4-2-6-10-14-18-22-26-30-36(40)44/h1-34H2,(H2,39,43)(H2,40,44)(H,41,45)(H,42,46). The number of rotatable bonds is 37. The van der Waals surface area contributed by atoms with Crippen LogP contribution in [0.15, 0.2) is 0 Å². The van der Waals surface area contributed by atoms with E-state index < -0.39 is 0 Å². The molecule has 0 spiro atoms. The van der Waals surface area contributed by atoms with Crippen molar-refractivity contribution < 1.29 is 19.2 Å². The summed E-state index contributed by atoms with van der Waals surface area (Å²) in [5.74, 6) is -0.175. The first-order chi connectivity index (χ1) is 22.4. The molecule has 0 bridgehead atoms. The lowest BCUT2D eigenvalue weighted by Crippen LogP contribution is -2.34. The minimum atomic E-state index is -0.181. The zero-order chi connectivity index (χ0) is 33.8. The molecule has 46 heavy (non-hydrogen) atoms. The molecule has 0 unspecified atom stereocenters. The predicted molar refractivity (Wildman–Crippen MR) is 192 cm³/mol. The van der Waals surface area contributed by atoms with Gasteiger partial charge in [-0.05, 0) is 25.7 Å². The lowest BCUT2D eigenvalue weighted by atomic mass is 10.0. The summed E-state index contributed by atoms with van der Waals surface area (Å²) in [6.07, 6.45) is 36.2. The number of amides is 4. The van der Waals surface area contributed by atoms with Crippen molar-refractivity contribution in [3.63, 3.8) is 0 Å². The Kier molecular flexibility index (Phi) is 34.1. The number of hydrogen-bond acceptors (Lipinski definition) is 4. The second-order valence-electron chi connectivity index (χ2n) is 13.5. The van der Waals surface area contributed by atoms with Gasteiger partial charge in [-0.3, -0.25) is 19.2 Å². The number of unbranched alkanes of at least 4 members (excludes halogenated alkanes) is 26. The summed E-state index contributed by atoms with van der Waals surface area (Å²) in [6, 6.07) is 0. The molecule has 0 radical (unpaired) electrons. The van der Waals surface area contributed by atoms with Gasteiger partial charge in [0.05, 0.1) is 0 Å². The van der Waals surface area contributed by atoms with Crippen molar-refractivity contribution in [2.24, 2.45) is 11.5 Å². The van der Waals surface area contributed by atoms with Gasteiger partial charge in [0.15, 0.2) is 0 Å². The molecule has 0 saturated heterocycles. The molecule has 0 fully saturated rings. The predicted octanol–water partition coefficient (Wildman–Crippen LogP) is 8.67. The van der Waals surface area contributed by atoms with E-state index in [-0.39, 0.29) is 23.6 Å². The largest absolute Gasteiger partial charge is 0.370 e. The van der Waals surface area contributed by atoms with E-state index in [2.05, 4.69) is 10.6 Å². The van der Waals surface area contributed by atoms with E-state index in [0.717, 1.165) is 51.4 Å². The molecule has 0 aliphatic carbocycles. The Hall–Kier alpha value is -2.12. The summed E-state index contributed by atoms with van der Waals surface area (Å²) in [6.45, 7) is 1.02. The summed E-state index contributed by atoms with van der Waals surface area (Å²) in [7, 11) is 0. The number of carbonyl (C=O) groups excluding carboxylic acids is 4. The molecule has 8 nitrogen and oxygen atoms in total. The van der Waals surface area contributed by atoms with Crippen molar-refractivity contribution >= 4 is 23.6 Å². The Morgan fingerprint density at radius 2 is 0.457 bits per heavy atom. The Morgan fingerprint density at radius 1 is 0.283 bits per heavy atom. The maximum Gasteiger partial charge on any atom is 0.220 e. The third kappa shape index (κ3) is 38.1. The first kappa shape index (κ1) is 43.9. The van der Waals surface area contributed by atoms with Crippen LogP contribution in [0.5, 0.6) is 0 Å². The fourth-order valence-corrected chi connectivity index (χ4v) is 5.99. The van der Waals surface area contributed by atoms with Crippen LogP contribution in [0.2, 0.25) is 0 Å². The van der Waals surface area contributed by atoms with Gasteiger partial charge >= 0.3 is 0 Å². The maximum atomic E-state index is 12.0. The smallest absolute Gasteiger partial charge is 0.220 e. The molecule has 0 heterocycles. The normalized spacial score (nSPS) is 11.0. The Morgan fingerprint density at radius 3 is 0.652 bits per heavy atom. The highest BCUT2D eigenvalue weighted by Crippen LogP contribution is 2.15. The summed E-state index contributed by atoms with van der Waals surface area (Å²) in [4.78, 5) is 45.5. The van der Waals surface area contributed by atoms with Crippen LogP contribution in [-0.2, 0) is 19.2 Å². The quantitative estimate of drug-likeness (QED) is 0.0499. The molecule has 0 aliphatic rings. The van der Waals surface area contributed by atoms with Crippen molar-refractivity contribution in [1.29, 1.82) is 0 Å². The van der Waals surface area contributed by atoms with Crippen LogP contribution in [0.1, 0.15) is 205 Å². The number of primary amides is 2. The van der Waals surface area contributed by atoms with Crippen LogP contribution in [0.25, 0.3) is 0 Å². The molecule has 270 valence electrons. The van der Waals surface area contributed by atoms with E-state index in [1.807, 2.05) is 0 Å². The first-order valence-corrected chi connectivity index (χ1v) is 19.5. The highest BCUT2D eigenvalue weighted by Gasteiger charge is 2.04. The molecule has 0 atom stereocenters. The van der Waals surface area contributed by atoms with Crippen molar-refractivity contribution in [3.8, 4) is 0 Å². The topological polar surface area (TPSA) is 144 Å². The SMILES string of the molecule is NC(=O)CCCCCCCCCCCCCCCCC(=O)NCCNC(=O)CCCCCCCCCCCCCCCCC(N)=O. The summed E-state index contributed by atoms with van der Waals surface area (Å²) >= 11 is 0. The molecular formula is C38H74N4O4. The van der Waals surface area contributed by atoms with Gasteiger partial charge in [0, 0.05) is 38.8 Å². The molecule has 0 aliphatic heterocycles. The molecule has 0 aromatic rings. The molecule has 4 amide bonds. The fraction of sp³-hybridized carbons (Fsp3) is 0.895. The van der Waals surface area contributed by atoms with Gasteiger partial charge < -0.3 is 22.1 Å². The molecule has 0 aromatic carbocycles. The lowest BCUT2D eigenvalue weighted by molar-refractivity contribution is -0.123. The monoisotopic (exact) mass is 651 g/mol. The van der Waals surface area contributed by atoms with E-state index in [4.69, 9.17) is 11.5 Å². The van der Waals surface area contributed by atoms with Crippen LogP contribution in [0.3, 0.4) is 0 Å². The zero-order valence-corrected chi connectivity index (χ0v) is 29.8. The van der Waals surface area contributed by atoms with E-state index in [9.17, 15) is 19.2 Å². The van der Waals surface area contributed by atoms with E-state index >= 15 is 0 Å². The fourth-order valence-electron chi connectivity index (χ4n) is 5.99. The molecule has 0 rings (SSSR count). The zero-order valence-electron chi connectivity index (χ0n) is 29.8. The second-order valence-corrected chi connectivity index (χ2v) is 13.5.